The minimum atomic E-state index is 0.0351. The molecule has 0 amide bonds. The Morgan fingerprint density at radius 2 is 2.17 bits per heavy atom. The van der Waals surface area contributed by atoms with Gasteiger partial charge in [-0.1, -0.05) is 6.92 Å². The largest absolute Gasteiger partial charge is 0.383 e. The second-order valence-corrected chi connectivity index (χ2v) is 4.68. The van der Waals surface area contributed by atoms with Gasteiger partial charge in [0.2, 0.25) is 0 Å². The molecule has 0 aromatic carbocycles. The molecule has 0 fully saturated rings. The summed E-state index contributed by atoms with van der Waals surface area (Å²) in [7, 11) is 1.72. The van der Waals surface area contributed by atoms with Crippen molar-refractivity contribution in [3.05, 3.63) is 23.9 Å². The summed E-state index contributed by atoms with van der Waals surface area (Å²) in [6.07, 6.45) is 2.91. The zero-order chi connectivity index (χ0) is 13.5. The molecule has 2 N–H and O–H groups in total. The number of nitrogens with two attached hydrogens (primary N) is 1. The number of ether oxygens (including phenoxy) is 1. The number of anilines is 1. The zero-order valence-corrected chi connectivity index (χ0v) is 11.9. The van der Waals surface area contributed by atoms with Gasteiger partial charge in [0.1, 0.15) is 5.82 Å². The van der Waals surface area contributed by atoms with Crippen LogP contribution in [0.4, 0.5) is 5.82 Å². The number of aromatic nitrogens is 1. The van der Waals surface area contributed by atoms with Crippen molar-refractivity contribution in [3.8, 4) is 0 Å². The van der Waals surface area contributed by atoms with E-state index in [4.69, 9.17) is 10.5 Å². The molecule has 0 radical (unpaired) electrons. The monoisotopic (exact) mass is 251 g/mol. The molecule has 1 rings (SSSR count). The second kappa shape index (κ2) is 7.34. The van der Waals surface area contributed by atoms with Gasteiger partial charge >= 0.3 is 0 Å². The van der Waals surface area contributed by atoms with Crippen molar-refractivity contribution in [2.75, 3.05) is 25.2 Å². The van der Waals surface area contributed by atoms with E-state index in [1.165, 1.54) is 0 Å². The predicted molar refractivity (Wildman–Crippen MR) is 75.8 cm³/mol. The molecule has 1 unspecified atom stereocenters. The van der Waals surface area contributed by atoms with Crippen LogP contribution >= 0.6 is 0 Å². The van der Waals surface area contributed by atoms with Crippen LogP contribution in [0.15, 0.2) is 18.3 Å². The summed E-state index contributed by atoms with van der Waals surface area (Å²) in [5.41, 5.74) is 7.04. The van der Waals surface area contributed by atoms with Crippen LogP contribution in [0.1, 0.15) is 38.8 Å². The van der Waals surface area contributed by atoms with Crippen molar-refractivity contribution in [1.82, 2.24) is 4.98 Å². The first kappa shape index (κ1) is 14.9. The number of hydrogen-bond donors (Lipinski definition) is 1. The molecule has 0 aliphatic carbocycles. The number of rotatable bonds is 7. The molecule has 4 nitrogen and oxygen atoms in total. The van der Waals surface area contributed by atoms with Crippen molar-refractivity contribution in [2.45, 2.75) is 39.3 Å². The Kier molecular flexibility index (Phi) is 6.09. The Balaban J connectivity index is 2.93. The van der Waals surface area contributed by atoms with Crippen LogP contribution < -0.4 is 10.6 Å². The molecule has 0 aliphatic heterocycles. The molecular weight excluding hydrogens is 226 g/mol. The molecule has 102 valence electrons. The molecule has 0 aliphatic rings. The van der Waals surface area contributed by atoms with Crippen molar-refractivity contribution in [3.63, 3.8) is 0 Å². The Bertz CT molecular complexity index is 355. The van der Waals surface area contributed by atoms with Gasteiger partial charge in [-0.2, -0.15) is 0 Å². The van der Waals surface area contributed by atoms with Gasteiger partial charge in [0.25, 0.3) is 0 Å². The maximum absolute atomic E-state index is 5.92. The summed E-state index contributed by atoms with van der Waals surface area (Å²) >= 11 is 0. The minimum Gasteiger partial charge on any atom is -0.383 e. The lowest BCUT2D eigenvalue weighted by molar-refractivity contribution is 0.203. The molecule has 1 aromatic heterocycles. The summed E-state index contributed by atoms with van der Waals surface area (Å²) in [6.45, 7) is 7.92. The maximum atomic E-state index is 5.92. The Labute approximate surface area is 110 Å². The van der Waals surface area contributed by atoms with Gasteiger partial charge < -0.3 is 15.4 Å². The Morgan fingerprint density at radius 1 is 1.44 bits per heavy atom. The molecule has 0 saturated heterocycles. The quantitative estimate of drug-likeness (QED) is 0.808. The van der Waals surface area contributed by atoms with E-state index in [0.717, 1.165) is 24.3 Å². The normalized spacial score (nSPS) is 14.3. The van der Waals surface area contributed by atoms with Gasteiger partial charge in [0.15, 0.2) is 0 Å². The summed E-state index contributed by atoms with van der Waals surface area (Å²) in [6, 6.07) is 4.52. The van der Waals surface area contributed by atoms with Crippen molar-refractivity contribution in [1.29, 1.82) is 0 Å². The molecule has 1 heterocycles. The highest BCUT2D eigenvalue weighted by Gasteiger charge is 2.14. The lowest BCUT2D eigenvalue weighted by Gasteiger charge is -2.30. The van der Waals surface area contributed by atoms with Crippen LogP contribution in [0.3, 0.4) is 0 Å². The average molecular weight is 251 g/mol. The Hall–Kier alpha value is -1.13. The molecule has 0 saturated carbocycles. The van der Waals surface area contributed by atoms with Gasteiger partial charge in [-0.05, 0) is 38.0 Å². The first-order valence-corrected chi connectivity index (χ1v) is 6.57. The van der Waals surface area contributed by atoms with E-state index in [9.17, 15) is 0 Å². The summed E-state index contributed by atoms with van der Waals surface area (Å²) in [5.74, 6) is 0.983. The van der Waals surface area contributed by atoms with Crippen LogP contribution in [-0.2, 0) is 4.74 Å². The van der Waals surface area contributed by atoms with Gasteiger partial charge in [-0.15, -0.1) is 0 Å². The molecule has 2 atom stereocenters. The smallest absolute Gasteiger partial charge is 0.129 e. The van der Waals surface area contributed by atoms with Crippen molar-refractivity contribution in [2.24, 2.45) is 5.73 Å². The number of hydrogen-bond acceptors (Lipinski definition) is 4. The highest BCUT2D eigenvalue weighted by Crippen LogP contribution is 2.19. The van der Waals surface area contributed by atoms with Gasteiger partial charge in [-0.25, -0.2) is 4.98 Å². The third-order valence-corrected chi connectivity index (χ3v) is 3.25. The van der Waals surface area contributed by atoms with Gasteiger partial charge in [0, 0.05) is 31.9 Å². The van der Waals surface area contributed by atoms with Gasteiger partial charge in [-0.3, -0.25) is 0 Å². The summed E-state index contributed by atoms with van der Waals surface area (Å²) < 4.78 is 5.17. The first-order chi connectivity index (χ1) is 8.60. The lowest BCUT2D eigenvalue weighted by Crippen LogP contribution is -2.36. The van der Waals surface area contributed by atoms with E-state index >= 15 is 0 Å². The third kappa shape index (κ3) is 3.96. The van der Waals surface area contributed by atoms with Gasteiger partial charge in [0.05, 0.1) is 6.61 Å². The number of methoxy groups -OCH3 is 1. The van der Waals surface area contributed by atoms with E-state index in [1.54, 1.807) is 7.11 Å². The first-order valence-electron chi connectivity index (χ1n) is 6.57. The standard InChI is InChI=1S/C14H25N3O/c1-5-11(2)17(8-9-18-4)14-10-13(12(3)15)6-7-16-14/h6-7,10-12H,5,8-9,15H2,1-4H3/t11?,12-/m0/s1. The van der Waals surface area contributed by atoms with E-state index in [0.29, 0.717) is 12.6 Å². The fourth-order valence-electron chi connectivity index (χ4n) is 1.85. The molecule has 1 aromatic rings. The summed E-state index contributed by atoms with van der Waals surface area (Å²) in [5, 5.41) is 0. The molecular formula is C14H25N3O. The molecule has 18 heavy (non-hydrogen) atoms. The number of nitrogens with zero attached hydrogens (tertiary/aromatic N) is 2. The van der Waals surface area contributed by atoms with E-state index < -0.39 is 0 Å². The average Bonchev–Trinajstić information content (AvgIpc) is 2.39. The highest BCUT2D eigenvalue weighted by atomic mass is 16.5. The second-order valence-electron chi connectivity index (χ2n) is 4.68. The SMILES string of the molecule is CCC(C)N(CCOC)c1cc([C@H](C)N)ccn1. The van der Waals surface area contributed by atoms with E-state index in [1.807, 2.05) is 19.2 Å². The maximum Gasteiger partial charge on any atom is 0.129 e. The van der Waals surface area contributed by atoms with Crippen molar-refractivity contribution < 1.29 is 4.74 Å². The van der Waals surface area contributed by atoms with Crippen molar-refractivity contribution >= 4 is 5.82 Å². The zero-order valence-electron chi connectivity index (χ0n) is 11.9. The number of pyridine rings is 1. The minimum absolute atomic E-state index is 0.0351. The van der Waals surface area contributed by atoms with Crippen LogP contribution in [0.25, 0.3) is 0 Å². The molecule has 4 heteroatoms. The van der Waals surface area contributed by atoms with E-state index in [-0.39, 0.29) is 6.04 Å². The van der Waals surface area contributed by atoms with Crippen LogP contribution in [0, 0.1) is 0 Å². The van der Waals surface area contributed by atoms with Crippen LogP contribution in [-0.4, -0.2) is 31.3 Å². The highest BCUT2D eigenvalue weighted by molar-refractivity contribution is 5.42. The fourth-order valence-corrected chi connectivity index (χ4v) is 1.85. The fraction of sp³-hybridized carbons (Fsp3) is 0.643. The topological polar surface area (TPSA) is 51.4 Å². The molecule has 0 bridgehead atoms. The predicted octanol–water partition coefficient (Wildman–Crippen LogP) is 2.35. The lowest BCUT2D eigenvalue weighted by atomic mass is 10.1. The Morgan fingerprint density at radius 3 is 2.72 bits per heavy atom. The summed E-state index contributed by atoms with van der Waals surface area (Å²) in [4.78, 5) is 6.73. The van der Waals surface area contributed by atoms with Crippen LogP contribution in [0.5, 0.6) is 0 Å². The molecule has 0 spiro atoms. The third-order valence-electron chi connectivity index (χ3n) is 3.25. The van der Waals surface area contributed by atoms with Crippen LogP contribution in [0.2, 0.25) is 0 Å². The van der Waals surface area contributed by atoms with E-state index in [2.05, 4.69) is 29.8 Å².